The Morgan fingerprint density at radius 3 is 2.31 bits per heavy atom. The van der Waals surface area contributed by atoms with E-state index in [1.807, 2.05) is 51.1 Å². The summed E-state index contributed by atoms with van der Waals surface area (Å²) in [7, 11) is -1.47. The highest BCUT2D eigenvalue weighted by molar-refractivity contribution is 7.84. The molecule has 0 fully saturated rings. The van der Waals surface area contributed by atoms with Crippen molar-refractivity contribution in [3.8, 4) is 23.7 Å². The van der Waals surface area contributed by atoms with Crippen LogP contribution in [0.1, 0.15) is 43.7 Å². The van der Waals surface area contributed by atoms with Gasteiger partial charge in [0.25, 0.3) is 0 Å². The number of furan rings is 1. The Kier molecular flexibility index (Phi) is 6.97. The summed E-state index contributed by atoms with van der Waals surface area (Å²) in [5.74, 6) is 3.30. The third-order valence-electron chi connectivity index (χ3n) is 4.76. The lowest BCUT2D eigenvalue weighted by molar-refractivity contribution is -0.137. The van der Waals surface area contributed by atoms with E-state index in [-0.39, 0.29) is 12.3 Å². The van der Waals surface area contributed by atoms with Crippen molar-refractivity contribution in [1.29, 1.82) is 0 Å². The molecule has 0 radical (unpaired) electrons. The predicted octanol–water partition coefficient (Wildman–Crippen LogP) is 6.45. The number of hydrogen-bond donors (Lipinski definition) is 0. The number of rotatable bonds is 6. The molecule has 0 N–H and O–H groups in total. The summed E-state index contributed by atoms with van der Waals surface area (Å²) in [4.78, 5) is 0. The fraction of sp³-hybridized carbons (Fsp3) is 0.280. The molecule has 0 unspecified atom stereocenters. The van der Waals surface area contributed by atoms with E-state index in [1.165, 1.54) is 6.07 Å². The molecule has 1 heterocycles. The molecule has 7 heteroatoms. The summed E-state index contributed by atoms with van der Waals surface area (Å²) < 4.78 is 59.9. The molecule has 0 aliphatic heterocycles. The maximum absolute atomic E-state index is 13.3. The first kappa shape index (κ1) is 23.8. The van der Waals surface area contributed by atoms with E-state index in [9.17, 15) is 17.4 Å². The van der Waals surface area contributed by atoms with Crippen LogP contribution in [0.25, 0.3) is 11.3 Å². The number of halogens is 3. The van der Waals surface area contributed by atoms with E-state index in [1.54, 1.807) is 22.5 Å². The van der Waals surface area contributed by atoms with Crippen LogP contribution in [0.4, 0.5) is 13.2 Å². The topological polar surface area (TPSA) is 33.5 Å². The molecular formula is C25H24F3NO2S. The van der Waals surface area contributed by atoms with Crippen LogP contribution in [0.15, 0.2) is 71.1 Å². The summed E-state index contributed by atoms with van der Waals surface area (Å²) in [5, 5.41) is 0. The van der Waals surface area contributed by atoms with Crippen molar-refractivity contribution in [2.45, 2.75) is 37.7 Å². The minimum absolute atomic E-state index is 0.100. The molecule has 0 amide bonds. The fourth-order valence-corrected chi connectivity index (χ4v) is 4.61. The van der Waals surface area contributed by atoms with Crippen molar-refractivity contribution in [3.63, 3.8) is 0 Å². The normalized spacial score (nSPS) is 14.2. The first-order valence-corrected chi connectivity index (χ1v) is 11.1. The van der Waals surface area contributed by atoms with Gasteiger partial charge in [-0.15, -0.1) is 6.42 Å². The van der Waals surface area contributed by atoms with Gasteiger partial charge in [-0.25, -0.2) is 4.21 Å². The van der Waals surface area contributed by atoms with Crippen LogP contribution < -0.4 is 0 Å². The summed E-state index contributed by atoms with van der Waals surface area (Å²) >= 11 is 0. The molecule has 0 bridgehead atoms. The van der Waals surface area contributed by atoms with Gasteiger partial charge >= 0.3 is 6.18 Å². The Morgan fingerprint density at radius 1 is 1.03 bits per heavy atom. The van der Waals surface area contributed by atoms with E-state index >= 15 is 0 Å². The molecule has 3 rings (SSSR count). The van der Waals surface area contributed by atoms with Gasteiger partial charge in [-0.1, -0.05) is 48.4 Å². The van der Waals surface area contributed by atoms with E-state index in [4.69, 9.17) is 10.8 Å². The first-order chi connectivity index (χ1) is 15.0. The van der Waals surface area contributed by atoms with Gasteiger partial charge in [-0.2, -0.15) is 17.5 Å². The maximum Gasteiger partial charge on any atom is 0.416 e. The van der Waals surface area contributed by atoms with Gasteiger partial charge in [0.15, 0.2) is 0 Å². The summed E-state index contributed by atoms with van der Waals surface area (Å²) in [6.07, 6.45) is 1.14. The van der Waals surface area contributed by atoms with E-state index in [0.29, 0.717) is 11.3 Å². The number of alkyl halides is 3. The third kappa shape index (κ3) is 5.32. The molecule has 2 atom stereocenters. The minimum Gasteiger partial charge on any atom is -0.459 e. The smallest absolute Gasteiger partial charge is 0.416 e. The largest absolute Gasteiger partial charge is 0.459 e. The molecule has 3 nitrogen and oxygen atoms in total. The maximum atomic E-state index is 13.3. The second kappa shape index (κ2) is 9.35. The van der Waals surface area contributed by atoms with Crippen LogP contribution in [-0.2, 0) is 17.2 Å². The average molecular weight is 460 g/mol. The minimum atomic E-state index is -4.45. The van der Waals surface area contributed by atoms with Crippen LogP contribution in [0.3, 0.4) is 0 Å². The summed E-state index contributed by atoms with van der Waals surface area (Å²) in [6.45, 7) is 5.66. The molecule has 2 aromatic carbocycles. The second-order valence-corrected chi connectivity index (χ2v) is 10.4. The van der Waals surface area contributed by atoms with Crippen LogP contribution >= 0.6 is 0 Å². The van der Waals surface area contributed by atoms with Crippen LogP contribution in [0, 0.1) is 12.3 Å². The van der Waals surface area contributed by atoms with Gasteiger partial charge in [0, 0.05) is 5.56 Å². The van der Waals surface area contributed by atoms with Crippen LogP contribution in [0.2, 0.25) is 0 Å². The Balaban J connectivity index is 2.09. The Labute approximate surface area is 188 Å². The number of nitrogens with zero attached hydrogens (tertiary/aromatic N) is 1. The van der Waals surface area contributed by atoms with Crippen molar-refractivity contribution in [1.82, 2.24) is 4.31 Å². The number of hydrogen-bond acceptors (Lipinski definition) is 2. The summed E-state index contributed by atoms with van der Waals surface area (Å²) in [6, 6.07) is 17.0. The van der Waals surface area contributed by atoms with Crippen LogP contribution in [0.5, 0.6) is 0 Å². The zero-order valence-electron chi connectivity index (χ0n) is 18.0. The van der Waals surface area contributed by atoms with Gasteiger partial charge in [-0.05, 0) is 50.6 Å². The lowest BCUT2D eigenvalue weighted by Crippen LogP contribution is -2.40. The highest BCUT2D eigenvalue weighted by atomic mass is 32.2. The highest BCUT2D eigenvalue weighted by Crippen LogP contribution is 2.37. The molecule has 0 spiro atoms. The first-order valence-electron chi connectivity index (χ1n) is 9.97. The number of terminal acetylenes is 1. The Bertz CT molecular complexity index is 1120. The van der Waals surface area contributed by atoms with Crippen molar-refractivity contribution in [2.24, 2.45) is 0 Å². The molecule has 0 aliphatic rings. The molecule has 0 aliphatic carbocycles. The van der Waals surface area contributed by atoms with Gasteiger partial charge in [0.1, 0.15) is 28.5 Å². The molecule has 3 aromatic rings. The molecule has 32 heavy (non-hydrogen) atoms. The third-order valence-corrected chi connectivity index (χ3v) is 6.57. The quantitative estimate of drug-likeness (QED) is 0.397. The van der Waals surface area contributed by atoms with E-state index in [2.05, 4.69) is 5.92 Å². The van der Waals surface area contributed by atoms with E-state index < -0.39 is 33.5 Å². The zero-order chi connectivity index (χ0) is 23.5. The predicted molar refractivity (Wildman–Crippen MR) is 121 cm³/mol. The van der Waals surface area contributed by atoms with Crippen molar-refractivity contribution in [2.75, 3.05) is 6.54 Å². The molecule has 168 valence electrons. The van der Waals surface area contributed by atoms with Crippen molar-refractivity contribution < 1.29 is 21.8 Å². The number of benzene rings is 2. The summed E-state index contributed by atoms with van der Waals surface area (Å²) in [5.41, 5.74) is 0.360. The van der Waals surface area contributed by atoms with E-state index in [0.717, 1.165) is 17.7 Å². The van der Waals surface area contributed by atoms with Gasteiger partial charge in [0.2, 0.25) is 0 Å². The monoisotopic (exact) mass is 459 g/mol. The molecule has 0 saturated heterocycles. The van der Waals surface area contributed by atoms with Gasteiger partial charge in [0.05, 0.1) is 16.9 Å². The van der Waals surface area contributed by atoms with Crippen molar-refractivity contribution >= 4 is 11.0 Å². The van der Waals surface area contributed by atoms with Crippen molar-refractivity contribution in [3.05, 3.63) is 83.6 Å². The molecule has 1 aromatic heterocycles. The lowest BCUT2D eigenvalue weighted by atomic mass is 10.0. The standard InChI is InChI=1S/C25H24F3NO2S/c1-5-16-29(32(30)24(2,3)4)23(18-10-7-6-8-11-18)22-15-14-21(31-22)19-12-9-13-20(17-19)25(26,27)28/h1,6-15,17,23H,16H2,2-4H3/t23-,32+/m0/s1. The lowest BCUT2D eigenvalue weighted by Gasteiger charge is -2.33. The average Bonchev–Trinajstić information content (AvgIpc) is 3.22. The van der Waals surface area contributed by atoms with Crippen LogP contribution in [-0.4, -0.2) is 19.8 Å². The second-order valence-electron chi connectivity index (χ2n) is 8.23. The molecule has 0 saturated carbocycles. The Hall–Kier alpha value is -2.82. The highest BCUT2D eigenvalue weighted by Gasteiger charge is 2.35. The fourth-order valence-electron chi connectivity index (χ4n) is 3.30. The Morgan fingerprint density at radius 2 is 1.72 bits per heavy atom. The SMILES string of the molecule is C#CCN([C@@H](c1ccccc1)c1ccc(-c2cccc(C(F)(F)F)c2)o1)[S@](=O)C(C)(C)C. The van der Waals surface area contributed by atoms with Gasteiger partial charge < -0.3 is 4.42 Å². The molecular weight excluding hydrogens is 435 g/mol. The van der Waals surface area contributed by atoms with Gasteiger partial charge in [-0.3, -0.25) is 0 Å². The zero-order valence-corrected chi connectivity index (χ0v) is 18.8.